The van der Waals surface area contributed by atoms with Crippen molar-refractivity contribution in [2.24, 2.45) is 0 Å². The summed E-state index contributed by atoms with van der Waals surface area (Å²) in [6, 6.07) is 6.43. The summed E-state index contributed by atoms with van der Waals surface area (Å²) in [5.74, 6) is -5.96. The number of aliphatic hydroxyl groups excluding tert-OH is 1. The van der Waals surface area contributed by atoms with Crippen molar-refractivity contribution in [1.29, 1.82) is 0 Å². The molecule has 0 amide bonds. The van der Waals surface area contributed by atoms with Crippen LogP contribution >= 0.6 is 6.72 Å². The average molecular weight is 516 g/mol. The number of aliphatic hydroxyl groups is 1. The molecular formula is C17H14F5N2O7PS. The second-order valence-electron chi connectivity index (χ2n) is 7.14. The molecule has 2 aliphatic rings. The number of H-pyrrole nitrogens is 1. The SMILES string of the molecule is O=c1[nH]c(=O)n(C2OC(COP3(=S)OCc4ccccc4O3)(C(F)F)C(O)C2(F)F)cc1F. The van der Waals surface area contributed by atoms with Crippen LogP contribution in [0.1, 0.15) is 11.8 Å². The predicted octanol–water partition coefficient (Wildman–Crippen LogP) is 2.05. The third kappa shape index (κ3) is 4.02. The number of alkyl halides is 4. The molecule has 0 spiro atoms. The molecule has 1 saturated heterocycles. The van der Waals surface area contributed by atoms with Gasteiger partial charge in [0.2, 0.25) is 12.0 Å². The lowest BCUT2D eigenvalue weighted by Crippen LogP contribution is -2.54. The van der Waals surface area contributed by atoms with E-state index < -0.39 is 60.7 Å². The lowest BCUT2D eigenvalue weighted by atomic mass is 9.96. The second-order valence-corrected chi connectivity index (χ2v) is 10.1. The van der Waals surface area contributed by atoms with E-state index in [0.717, 1.165) is 0 Å². The van der Waals surface area contributed by atoms with E-state index in [2.05, 4.69) is 0 Å². The maximum Gasteiger partial charge on any atom is 0.381 e. The average Bonchev–Trinajstić information content (AvgIpc) is 2.96. The van der Waals surface area contributed by atoms with Gasteiger partial charge in [0.1, 0.15) is 5.75 Å². The fourth-order valence-corrected chi connectivity index (χ4v) is 5.10. The van der Waals surface area contributed by atoms with Crippen molar-refractivity contribution in [3.05, 3.63) is 62.7 Å². The molecule has 4 atom stereocenters. The Morgan fingerprint density at radius 2 is 2.03 bits per heavy atom. The van der Waals surface area contributed by atoms with Crippen LogP contribution in [-0.4, -0.2) is 45.3 Å². The van der Waals surface area contributed by atoms with Crippen LogP contribution in [0, 0.1) is 5.82 Å². The van der Waals surface area contributed by atoms with Crippen LogP contribution in [-0.2, 0) is 32.2 Å². The molecule has 2 aromatic rings. The molecule has 2 N–H and O–H groups in total. The van der Waals surface area contributed by atoms with Crippen molar-refractivity contribution in [3.63, 3.8) is 0 Å². The number of aromatic nitrogens is 2. The number of para-hydroxylation sites is 1. The molecule has 4 rings (SSSR count). The first-order chi connectivity index (χ1) is 15.4. The summed E-state index contributed by atoms with van der Waals surface area (Å²) in [6.45, 7) is -5.30. The standard InChI is InChI=1S/C17H14F5N2O7PS/c18-9-5-24(15(27)23-11(9)25)14-17(21,22)12(26)16(30-14,13(19)20)7-29-32(33)28-6-8-3-1-2-4-10(8)31-32/h1-5,12-14,26H,6-7H2,(H,23,25,27). The smallest absolute Gasteiger partial charge is 0.381 e. The fourth-order valence-electron chi connectivity index (χ4n) is 3.29. The Morgan fingerprint density at radius 1 is 1.33 bits per heavy atom. The second kappa shape index (κ2) is 8.25. The Hall–Kier alpha value is -2.16. The number of ether oxygens (including phenoxy) is 1. The lowest BCUT2D eigenvalue weighted by molar-refractivity contribution is -0.193. The summed E-state index contributed by atoms with van der Waals surface area (Å²) >= 11 is 5.10. The molecule has 1 fully saturated rings. The Labute approximate surface area is 185 Å². The van der Waals surface area contributed by atoms with Crippen LogP contribution in [0.5, 0.6) is 5.75 Å². The third-order valence-corrected chi connectivity index (χ3v) is 7.21. The molecule has 0 radical (unpaired) electrons. The highest BCUT2D eigenvalue weighted by atomic mass is 32.5. The van der Waals surface area contributed by atoms with Crippen molar-refractivity contribution in [3.8, 4) is 5.75 Å². The van der Waals surface area contributed by atoms with Gasteiger partial charge in [-0.1, -0.05) is 18.2 Å². The van der Waals surface area contributed by atoms with Gasteiger partial charge in [0.25, 0.3) is 12.0 Å². The molecule has 3 heterocycles. The minimum Gasteiger partial charge on any atom is -0.424 e. The number of fused-ring (bicyclic) bond motifs is 1. The minimum atomic E-state index is -4.54. The number of nitrogens with one attached hydrogen (secondary N) is 1. The number of aromatic amines is 1. The van der Waals surface area contributed by atoms with Crippen molar-refractivity contribution >= 4 is 18.5 Å². The summed E-state index contributed by atoms with van der Waals surface area (Å²) in [7, 11) is 0. The number of rotatable bonds is 5. The zero-order valence-corrected chi connectivity index (χ0v) is 17.8. The van der Waals surface area contributed by atoms with Crippen molar-refractivity contribution < 1.29 is 45.4 Å². The largest absolute Gasteiger partial charge is 0.424 e. The van der Waals surface area contributed by atoms with Gasteiger partial charge in [-0.15, -0.1) is 0 Å². The number of hydrogen-bond acceptors (Lipinski definition) is 8. The van der Waals surface area contributed by atoms with E-state index in [-0.39, 0.29) is 23.1 Å². The van der Waals surface area contributed by atoms with Gasteiger partial charge in [-0.05, 0) is 6.07 Å². The number of hydrogen-bond donors (Lipinski definition) is 2. The summed E-state index contributed by atoms with van der Waals surface area (Å²) < 4.78 is 91.7. The van der Waals surface area contributed by atoms with Gasteiger partial charge in [0.15, 0.2) is 11.7 Å². The topological polar surface area (TPSA) is 112 Å². The first-order valence-electron chi connectivity index (χ1n) is 9.09. The highest BCUT2D eigenvalue weighted by molar-refractivity contribution is 8.07. The van der Waals surface area contributed by atoms with Crippen LogP contribution in [0.15, 0.2) is 40.1 Å². The molecule has 1 aromatic carbocycles. The molecule has 9 nitrogen and oxygen atoms in total. The van der Waals surface area contributed by atoms with Gasteiger partial charge in [0.05, 0.1) is 19.4 Å². The van der Waals surface area contributed by atoms with Crippen molar-refractivity contribution in [1.82, 2.24) is 9.55 Å². The van der Waals surface area contributed by atoms with Crippen LogP contribution in [0.3, 0.4) is 0 Å². The number of benzene rings is 1. The maximum atomic E-state index is 14.8. The number of nitrogens with zero attached hydrogens (tertiary/aromatic N) is 1. The van der Waals surface area contributed by atoms with Crippen LogP contribution < -0.4 is 15.8 Å². The maximum absolute atomic E-state index is 14.8. The molecule has 33 heavy (non-hydrogen) atoms. The Kier molecular flexibility index (Phi) is 6.00. The van der Waals surface area contributed by atoms with Crippen LogP contribution in [0.2, 0.25) is 0 Å². The van der Waals surface area contributed by atoms with E-state index in [9.17, 15) is 36.6 Å². The van der Waals surface area contributed by atoms with E-state index in [1.165, 1.54) is 11.1 Å². The highest BCUT2D eigenvalue weighted by Crippen LogP contribution is 2.57. The normalized spacial score (nSPS) is 30.8. The van der Waals surface area contributed by atoms with Gasteiger partial charge in [-0.2, -0.15) is 13.2 Å². The molecule has 0 saturated carbocycles. The monoisotopic (exact) mass is 516 g/mol. The summed E-state index contributed by atoms with van der Waals surface area (Å²) in [5.41, 5.74) is -5.93. The molecule has 0 aliphatic carbocycles. The molecule has 16 heteroatoms. The highest BCUT2D eigenvalue weighted by Gasteiger charge is 2.71. The van der Waals surface area contributed by atoms with Gasteiger partial charge in [-0.3, -0.25) is 23.4 Å². The van der Waals surface area contributed by atoms with E-state index >= 15 is 0 Å². The zero-order valence-electron chi connectivity index (χ0n) is 16.1. The van der Waals surface area contributed by atoms with Gasteiger partial charge < -0.3 is 14.4 Å². The molecule has 0 bridgehead atoms. The van der Waals surface area contributed by atoms with Gasteiger partial charge >= 0.3 is 18.3 Å². The van der Waals surface area contributed by atoms with Crippen LogP contribution in [0.4, 0.5) is 22.0 Å². The molecule has 4 unspecified atom stereocenters. The van der Waals surface area contributed by atoms with Gasteiger partial charge in [0, 0.05) is 17.4 Å². The lowest BCUT2D eigenvalue weighted by Gasteiger charge is -2.34. The van der Waals surface area contributed by atoms with E-state index in [1.807, 2.05) is 0 Å². The Bertz CT molecular complexity index is 1240. The molecule has 180 valence electrons. The van der Waals surface area contributed by atoms with E-state index in [1.54, 1.807) is 18.2 Å². The molecular weight excluding hydrogens is 502 g/mol. The Morgan fingerprint density at radius 3 is 2.73 bits per heavy atom. The van der Waals surface area contributed by atoms with E-state index in [0.29, 0.717) is 5.56 Å². The van der Waals surface area contributed by atoms with Gasteiger partial charge in [-0.25, -0.2) is 13.6 Å². The minimum absolute atomic E-state index is 0.0563. The third-order valence-electron chi connectivity index (χ3n) is 5.04. The van der Waals surface area contributed by atoms with Crippen LogP contribution in [0.25, 0.3) is 0 Å². The Balaban J connectivity index is 1.65. The summed E-state index contributed by atoms with van der Waals surface area (Å²) in [5, 5.41) is 10.1. The van der Waals surface area contributed by atoms with Crippen molar-refractivity contribution in [2.45, 2.75) is 36.9 Å². The number of halogens is 5. The zero-order chi connectivity index (χ0) is 24.2. The molecule has 2 aliphatic heterocycles. The first-order valence-corrected chi connectivity index (χ1v) is 11.6. The summed E-state index contributed by atoms with van der Waals surface area (Å²) in [6.07, 6.45) is -9.86. The fraction of sp³-hybridized carbons (Fsp3) is 0.412. The van der Waals surface area contributed by atoms with Crippen molar-refractivity contribution in [2.75, 3.05) is 6.61 Å². The van der Waals surface area contributed by atoms with E-state index in [4.69, 9.17) is 30.1 Å². The first kappa shape index (κ1) is 24.0. The quantitative estimate of drug-likeness (QED) is 0.459. The molecule has 1 aromatic heterocycles. The predicted molar refractivity (Wildman–Crippen MR) is 103 cm³/mol. The summed E-state index contributed by atoms with van der Waals surface area (Å²) in [4.78, 5) is 24.5.